The van der Waals surface area contributed by atoms with Crippen molar-refractivity contribution in [2.45, 2.75) is 18.4 Å². The van der Waals surface area contributed by atoms with Gasteiger partial charge in [0.15, 0.2) is 0 Å². The Morgan fingerprint density at radius 1 is 1.08 bits per heavy atom. The third-order valence-corrected chi connectivity index (χ3v) is 4.50. The molecule has 0 saturated carbocycles. The molecule has 0 bridgehead atoms. The molecule has 122 valence electrons. The lowest BCUT2D eigenvalue weighted by Crippen LogP contribution is -1.87. The molecule has 0 spiro atoms. The van der Waals surface area contributed by atoms with Crippen LogP contribution in [0.3, 0.4) is 0 Å². The van der Waals surface area contributed by atoms with Crippen molar-refractivity contribution in [3.8, 4) is 11.5 Å². The minimum atomic E-state index is -0.439. The zero-order valence-corrected chi connectivity index (χ0v) is 13.8. The molecule has 6 nitrogen and oxygen atoms in total. The molecule has 1 aromatic heterocycles. The molecule has 24 heavy (non-hydrogen) atoms. The molecular weight excluding hydrogens is 326 g/mol. The predicted octanol–water partition coefficient (Wildman–Crippen LogP) is 4.39. The first kappa shape index (κ1) is 16.2. The molecule has 0 unspecified atom stereocenters. The predicted molar refractivity (Wildman–Crippen MR) is 92.6 cm³/mol. The number of nitro groups is 1. The molecule has 2 aromatic carbocycles. The topological polar surface area (TPSA) is 82.1 Å². The van der Waals surface area contributed by atoms with E-state index in [9.17, 15) is 10.1 Å². The molecule has 0 aliphatic rings. The van der Waals surface area contributed by atoms with Gasteiger partial charge in [0.1, 0.15) is 0 Å². The van der Waals surface area contributed by atoms with E-state index in [0.29, 0.717) is 23.1 Å². The quantitative estimate of drug-likeness (QED) is 0.488. The summed E-state index contributed by atoms with van der Waals surface area (Å²) in [6, 6.07) is 14.3. The minimum Gasteiger partial charge on any atom is -0.420 e. The van der Waals surface area contributed by atoms with Gasteiger partial charge in [0.25, 0.3) is 5.69 Å². The molecule has 7 heteroatoms. The highest BCUT2D eigenvalue weighted by Gasteiger charge is 2.11. The van der Waals surface area contributed by atoms with Gasteiger partial charge in [-0.05, 0) is 30.2 Å². The third-order valence-electron chi connectivity index (χ3n) is 3.54. The highest BCUT2D eigenvalue weighted by molar-refractivity contribution is 7.97. The summed E-state index contributed by atoms with van der Waals surface area (Å²) in [6.07, 6.45) is 0. The maximum absolute atomic E-state index is 10.7. The van der Waals surface area contributed by atoms with Crippen LogP contribution in [-0.4, -0.2) is 15.1 Å². The van der Waals surface area contributed by atoms with Crippen molar-refractivity contribution in [1.82, 2.24) is 10.2 Å². The Kier molecular flexibility index (Phi) is 4.90. The average Bonchev–Trinajstić information content (AvgIpc) is 3.05. The highest BCUT2D eigenvalue weighted by atomic mass is 32.2. The van der Waals surface area contributed by atoms with Gasteiger partial charge in [0.05, 0.1) is 10.7 Å². The van der Waals surface area contributed by atoms with Crippen molar-refractivity contribution in [3.05, 3.63) is 75.7 Å². The van der Waals surface area contributed by atoms with Crippen LogP contribution in [0.4, 0.5) is 5.69 Å². The molecule has 3 rings (SSSR count). The zero-order valence-electron chi connectivity index (χ0n) is 13.0. The summed E-state index contributed by atoms with van der Waals surface area (Å²) in [7, 11) is 0. The summed E-state index contributed by atoms with van der Waals surface area (Å²) in [5.41, 5.74) is 3.26. The Hall–Kier alpha value is -2.67. The Labute approximate surface area is 143 Å². The molecule has 0 N–H and O–H groups in total. The number of hydrogen-bond acceptors (Lipinski definition) is 6. The summed E-state index contributed by atoms with van der Waals surface area (Å²) in [5, 5.41) is 18.7. The van der Waals surface area contributed by atoms with Crippen molar-refractivity contribution in [2.24, 2.45) is 0 Å². The fraction of sp³-hybridized carbons (Fsp3) is 0.176. The smallest absolute Gasteiger partial charge is 0.269 e. The van der Waals surface area contributed by atoms with Gasteiger partial charge in [-0.2, -0.15) is 0 Å². The first-order valence-corrected chi connectivity index (χ1v) is 8.48. The van der Waals surface area contributed by atoms with Crippen LogP contribution in [0.1, 0.15) is 17.0 Å². The van der Waals surface area contributed by atoms with E-state index in [0.717, 1.165) is 5.75 Å². The second kappa shape index (κ2) is 7.27. The summed E-state index contributed by atoms with van der Waals surface area (Å²) in [5.74, 6) is 2.41. The van der Waals surface area contributed by atoms with Crippen LogP contribution in [-0.2, 0) is 11.5 Å². The van der Waals surface area contributed by atoms with E-state index in [-0.39, 0.29) is 5.69 Å². The van der Waals surface area contributed by atoms with Crippen molar-refractivity contribution in [1.29, 1.82) is 0 Å². The maximum Gasteiger partial charge on any atom is 0.269 e. The summed E-state index contributed by atoms with van der Waals surface area (Å²) >= 11 is 1.70. The van der Waals surface area contributed by atoms with Crippen molar-refractivity contribution in [3.63, 3.8) is 0 Å². The maximum atomic E-state index is 10.7. The summed E-state index contributed by atoms with van der Waals surface area (Å²) in [6.45, 7) is 2.09. The highest BCUT2D eigenvalue weighted by Crippen LogP contribution is 2.24. The average molecular weight is 341 g/mol. The number of aryl methyl sites for hydroxylation is 1. The van der Waals surface area contributed by atoms with Gasteiger partial charge in [-0.25, -0.2) is 0 Å². The SMILES string of the molecule is Cc1ccccc1CSCc1nnc(-c2ccc([N+](=O)[O-])cc2)o1. The Balaban J connectivity index is 1.61. The largest absolute Gasteiger partial charge is 0.420 e. The first-order valence-electron chi connectivity index (χ1n) is 7.33. The van der Waals surface area contributed by atoms with Gasteiger partial charge in [0.2, 0.25) is 11.8 Å². The van der Waals surface area contributed by atoms with E-state index < -0.39 is 4.92 Å². The second-order valence-electron chi connectivity index (χ2n) is 5.22. The number of nitrogens with zero attached hydrogens (tertiary/aromatic N) is 3. The van der Waals surface area contributed by atoms with E-state index in [1.807, 2.05) is 12.1 Å². The van der Waals surface area contributed by atoms with Crippen LogP contribution in [0.2, 0.25) is 0 Å². The Bertz CT molecular complexity index is 846. The number of rotatable bonds is 6. The van der Waals surface area contributed by atoms with Crippen LogP contribution in [0.5, 0.6) is 0 Å². The van der Waals surface area contributed by atoms with E-state index >= 15 is 0 Å². The fourth-order valence-corrected chi connectivity index (χ4v) is 3.11. The summed E-state index contributed by atoms with van der Waals surface area (Å²) in [4.78, 5) is 10.2. The third kappa shape index (κ3) is 3.80. The molecule has 0 amide bonds. The number of aromatic nitrogens is 2. The normalized spacial score (nSPS) is 10.7. The van der Waals surface area contributed by atoms with Gasteiger partial charge in [0, 0.05) is 23.4 Å². The molecule has 0 aliphatic heterocycles. The number of thioether (sulfide) groups is 1. The van der Waals surface area contributed by atoms with Crippen LogP contribution in [0.25, 0.3) is 11.5 Å². The lowest BCUT2D eigenvalue weighted by atomic mass is 10.1. The van der Waals surface area contributed by atoms with Gasteiger partial charge in [-0.15, -0.1) is 22.0 Å². The van der Waals surface area contributed by atoms with Crippen LogP contribution >= 0.6 is 11.8 Å². The van der Waals surface area contributed by atoms with Crippen molar-refractivity contribution >= 4 is 17.4 Å². The molecule has 0 radical (unpaired) electrons. The number of non-ortho nitro benzene ring substituents is 1. The molecule has 0 saturated heterocycles. The molecule has 0 fully saturated rings. The molecule has 0 aliphatic carbocycles. The van der Waals surface area contributed by atoms with Gasteiger partial charge >= 0.3 is 0 Å². The molecule has 1 heterocycles. The molecule has 0 atom stereocenters. The van der Waals surface area contributed by atoms with Crippen LogP contribution < -0.4 is 0 Å². The number of hydrogen-bond donors (Lipinski definition) is 0. The number of nitro benzene ring substituents is 1. The molecular formula is C17H15N3O3S. The zero-order chi connectivity index (χ0) is 16.9. The van der Waals surface area contributed by atoms with E-state index in [1.54, 1.807) is 23.9 Å². The van der Waals surface area contributed by atoms with E-state index in [2.05, 4.69) is 29.3 Å². The van der Waals surface area contributed by atoms with Crippen molar-refractivity contribution < 1.29 is 9.34 Å². The Morgan fingerprint density at radius 2 is 1.83 bits per heavy atom. The van der Waals surface area contributed by atoms with Gasteiger partial charge < -0.3 is 4.42 Å². The number of benzene rings is 2. The minimum absolute atomic E-state index is 0.0345. The second-order valence-corrected chi connectivity index (χ2v) is 6.21. The lowest BCUT2D eigenvalue weighted by molar-refractivity contribution is -0.384. The van der Waals surface area contributed by atoms with Crippen molar-refractivity contribution in [2.75, 3.05) is 0 Å². The van der Waals surface area contributed by atoms with Crippen LogP contribution in [0.15, 0.2) is 52.9 Å². The van der Waals surface area contributed by atoms with Gasteiger partial charge in [-0.1, -0.05) is 24.3 Å². The van der Waals surface area contributed by atoms with Crippen LogP contribution in [0, 0.1) is 17.0 Å². The molecule has 3 aromatic rings. The van der Waals surface area contributed by atoms with Gasteiger partial charge in [-0.3, -0.25) is 10.1 Å². The standard InChI is InChI=1S/C17H15N3O3S/c1-12-4-2-3-5-14(12)10-24-11-16-18-19-17(23-16)13-6-8-15(9-7-13)20(21)22/h2-9H,10-11H2,1H3. The monoisotopic (exact) mass is 341 g/mol. The Morgan fingerprint density at radius 3 is 2.54 bits per heavy atom. The summed E-state index contributed by atoms with van der Waals surface area (Å²) < 4.78 is 5.63. The fourth-order valence-electron chi connectivity index (χ4n) is 2.17. The van der Waals surface area contributed by atoms with E-state index in [1.165, 1.54) is 23.3 Å². The lowest BCUT2D eigenvalue weighted by Gasteiger charge is -2.03. The van der Waals surface area contributed by atoms with E-state index in [4.69, 9.17) is 4.42 Å². The first-order chi connectivity index (χ1) is 11.6.